The molecule has 146 valence electrons. The number of aromatic nitrogens is 4. The lowest BCUT2D eigenvalue weighted by Gasteiger charge is -2.10. The quantitative estimate of drug-likeness (QED) is 0.481. The third-order valence-corrected chi connectivity index (χ3v) is 4.26. The number of phenolic OH excluding ortho intramolecular Hbond substituents is 1. The number of phenols is 1. The van der Waals surface area contributed by atoms with Crippen LogP contribution in [0.3, 0.4) is 0 Å². The van der Waals surface area contributed by atoms with Crippen molar-refractivity contribution in [3.8, 4) is 28.6 Å². The molecule has 2 aromatic heterocycles. The second kappa shape index (κ2) is 6.75. The Morgan fingerprint density at radius 2 is 2.03 bits per heavy atom. The van der Waals surface area contributed by atoms with E-state index < -0.39 is 17.4 Å². The number of primary amides is 1. The number of amides is 1. The van der Waals surface area contributed by atoms with E-state index in [2.05, 4.69) is 15.0 Å². The van der Waals surface area contributed by atoms with Crippen LogP contribution in [-0.4, -0.2) is 37.6 Å². The number of halogens is 1. The van der Waals surface area contributed by atoms with Crippen LogP contribution in [0.25, 0.3) is 28.2 Å². The first kappa shape index (κ1) is 18.2. The summed E-state index contributed by atoms with van der Waals surface area (Å²) >= 11 is 0. The third-order valence-electron chi connectivity index (χ3n) is 4.26. The van der Waals surface area contributed by atoms with Crippen molar-refractivity contribution in [2.75, 3.05) is 7.11 Å². The van der Waals surface area contributed by atoms with Gasteiger partial charge in [-0.15, -0.1) is 0 Å². The van der Waals surface area contributed by atoms with Crippen LogP contribution in [0.5, 0.6) is 11.5 Å². The molecule has 0 spiro atoms. The van der Waals surface area contributed by atoms with Crippen molar-refractivity contribution in [1.29, 1.82) is 0 Å². The zero-order valence-electron chi connectivity index (χ0n) is 15.0. The van der Waals surface area contributed by atoms with Crippen molar-refractivity contribution in [3.63, 3.8) is 0 Å². The van der Waals surface area contributed by atoms with Gasteiger partial charge in [-0.3, -0.25) is 4.79 Å². The molecule has 4 N–H and O–H groups in total. The van der Waals surface area contributed by atoms with Gasteiger partial charge in [0.2, 0.25) is 0 Å². The number of nitrogens with zero attached hydrogens (tertiary/aromatic N) is 3. The molecule has 0 aliphatic heterocycles. The average Bonchev–Trinajstić information content (AvgIpc) is 3.02. The van der Waals surface area contributed by atoms with Crippen LogP contribution in [0, 0.1) is 5.82 Å². The summed E-state index contributed by atoms with van der Waals surface area (Å²) < 4.78 is 19.9. The standard InChI is InChI=1S/C19H14FN5O4/c1-29-13-8-10(20)5-6-12(13)25-18-15(23-19(25)28)14(16(21)27)22-17(24-18)9-3-2-4-11(26)7-9/h2-8,26H,1H3,(H2,21,27)(H,23,28). The third kappa shape index (κ3) is 3.06. The van der Waals surface area contributed by atoms with E-state index in [1.54, 1.807) is 12.1 Å². The lowest BCUT2D eigenvalue weighted by molar-refractivity contribution is 0.0997. The summed E-state index contributed by atoms with van der Waals surface area (Å²) in [6.07, 6.45) is 0. The number of carbonyl (C=O) groups is 1. The average molecular weight is 395 g/mol. The molecule has 0 saturated heterocycles. The van der Waals surface area contributed by atoms with Gasteiger partial charge in [-0.25, -0.2) is 23.7 Å². The molecule has 0 aliphatic carbocycles. The molecule has 4 aromatic rings. The molecule has 10 heteroatoms. The fraction of sp³-hybridized carbons (Fsp3) is 0.0526. The predicted octanol–water partition coefficient (Wildman–Crippen LogP) is 1.73. The van der Waals surface area contributed by atoms with Gasteiger partial charge in [-0.2, -0.15) is 0 Å². The Labute approximate surface area is 162 Å². The number of aromatic hydroxyl groups is 1. The fourth-order valence-electron chi connectivity index (χ4n) is 3.00. The first-order valence-corrected chi connectivity index (χ1v) is 8.35. The van der Waals surface area contributed by atoms with E-state index in [0.717, 1.165) is 16.7 Å². The van der Waals surface area contributed by atoms with Crippen LogP contribution in [0.4, 0.5) is 4.39 Å². The van der Waals surface area contributed by atoms with Crippen molar-refractivity contribution >= 4 is 17.1 Å². The maximum atomic E-state index is 13.6. The maximum Gasteiger partial charge on any atom is 0.332 e. The van der Waals surface area contributed by atoms with Crippen molar-refractivity contribution in [3.05, 3.63) is 64.5 Å². The molecule has 4 rings (SSSR count). The molecule has 29 heavy (non-hydrogen) atoms. The topological polar surface area (TPSA) is 136 Å². The van der Waals surface area contributed by atoms with Gasteiger partial charge in [0.1, 0.15) is 22.8 Å². The minimum atomic E-state index is -0.877. The minimum Gasteiger partial charge on any atom is -0.508 e. The molecule has 0 aliphatic rings. The van der Waals surface area contributed by atoms with E-state index in [1.807, 2.05) is 0 Å². The number of fused-ring (bicyclic) bond motifs is 1. The van der Waals surface area contributed by atoms with Crippen molar-refractivity contribution in [2.45, 2.75) is 0 Å². The maximum absolute atomic E-state index is 13.6. The highest BCUT2D eigenvalue weighted by atomic mass is 19.1. The second-order valence-corrected chi connectivity index (χ2v) is 6.09. The Balaban J connectivity index is 2.08. The van der Waals surface area contributed by atoms with Gasteiger partial charge < -0.3 is 20.6 Å². The van der Waals surface area contributed by atoms with E-state index >= 15 is 0 Å². The summed E-state index contributed by atoms with van der Waals surface area (Å²) in [4.78, 5) is 35.7. The minimum absolute atomic E-state index is 0.0257. The number of aromatic amines is 1. The van der Waals surface area contributed by atoms with Crippen molar-refractivity contribution < 1.29 is 19.0 Å². The van der Waals surface area contributed by atoms with Gasteiger partial charge in [0.25, 0.3) is 5.91 Å². The lowest BCUT2D eigenvalue weighted by Crippen LogP contribution is -2.16. The van der Waals surface area contributed by atoms with Crippen LogP contribution in [0.2, 0.25) is 0 Å². The van der Waals surface area contributed by atoms with Gasteiger partial charge in [0.05, 0.1) is 12.8 Å². The number of hydrogen-bond acceptors (Lipinski definition) is 6. The smallest absolute Gasteiger partial charge is 0.332 e. The number of benzene rings is 2. The van der Waals surface area contributed by atoms with E-state index in [9.17, 15) is 19.1 Å². The summed E-state index contributed by atoms with van der Waals surface area (Å²) in [5.41, 5.74) is 5.28. The monoisotopic (exact) mass is 395 g/mol. The zero-order chi connectivity index (χ0) is 20.7. The fourth-order valence-corrected chi connectivity index (χ4v) is 3.00. The number of rotatable bonds is 4. The molecule has 9 nitrogen and oxygen atoms in total. The normalized spacial score (nSPS) is 11.0. The van der Waals surface area contributed by atoms with E-state index in [1.165, 1.54) is 25.3 Å². The van der Waals surface area contributed by atoms with Crippen LogP contribution in [0.15, 0.2) is 47.3 Å². The van der Waals surface area contributed by atoms with E-state index in [-0.39, 0.29) is 39.9 Å². The number of carbonyl (C=O) groups excluding carboxylic acids is 1. The van der Waals surface area contributed by atoms with Gasteiger partial charge in [0, 0.05) is 11.6 Å². The summed E-state index contributed by atoms with van der Waals surface area (Å²) in [7, 11) is 1.33. The molecule has 1 amide bonds. The Hall–Kier alpha value is -4.21. The zero-order valence-corrected chi connectivity index (χ0v) is 15.0. The Morgan fingerprint density at radius 3 is 2.72 bits per heavy atom. The number of H-pyrrole nitrogens is 1. The number of imidazole rings is 1. The molecule has 0 saturated carbocycles. The van der Waals surface area contributed by atoms with Crippen LogP contribution in [0.1, 0.15) is 10.5 Å². The van der Waals surface area contributed by atoms with Crippen LogP contribution < -0.4 is 16.2 Å². The highest BCUT2D eigenvalue weighted by Gasteiger charge is 2.22. The first-order valence-electron chi connectivity index (χ1n) is 8.35. The summed E-state index contributed by atoms with van der Waals surface area (Å²) in [5, 5.41) is 9.74. The second-order valence-electron chi connectivity index (χ2n) is 6.09. The van der Waals surface area contributed by atoms with Crippen molar-refractivity contribution in [1.82, 2.24) is 19.5 Å². The molecule has 0 radical (unpaired) electrons. The molecule has 0 unspecified atom stereocenters. The Morgan fingerprint density at radius 1 is 1.24 bits per heavy atom. The number of hydrogen-bond donors (Lipinski definition) is 3. The SMILES string of the molecule is COc1cc(F)ccc1-n1c(=O)[nH]c2c(C(N)=O)nc(-c3cccc(O)c3)nc21. The Kier molecular flexibility index (Phi) is 4.23. The highest BCUT2D eigenvalue weighted by Crippen LogP contribution is 2.28. The van der Waals surface area contributed by atoms with Gasteiger partial charge in [-0.1, -0.05) is 12.1 Å². The Bertz CT molecular complexity index is 1330. The van der Waals surface area contributed by atoms with Gasteiger partial charge in [-0.05, 0) is 24.3 Å². The number of nitrogens with two attached hydrogens (primary N) is 1. The summed E-state index contributed by atoms with van der Waals surface area (Å²) in [5.74, 6) is -1.30. The lowest BCUT2D eigenvalue weighted by atomic mass is 10.2. The van der Waals surface area contributed by atoms with E-state index in [0.29, 0.717) is 5.56 Å². The molecule has 2 aromatic carbocycles. The molecule has 0 atom stereocenters. The number of methoxy groups -OCH3 is 1. The largest absolute Gasteiger partial charge is 0.508 e. The first-order chi connectivity index (χ1) is 13.9. The molecular formula is C19H14FN5O4. The highest BCUT2D eigenvalue weighted by molar-refractivity contribution is 6.02. The number of ether oxygens (including phenoxy) is 1. The molecule has 2 heterocycles. The van der Waals surface area contributed by atoms with Crippen molar-refractivity contribution in [2.24, 2.45) is 5.73 Å². The summed E-state index contributed by atoms with van der Waals surface area (Å²) in [6, 6.07) is 9.70. The van der Waals surface area contributed by atoms with Crippen LogP contribution >= 0.6 is 0 Å². The molecular weight excluding hydrogens is 381 g/mol. The predicted molar refractivity (Wildman–Crippen MR) is 102 cm³/mol. The molecule has 0 bridgehead atoms. The number of nitrogens with one attached hydrogen (secondary N) is 1. The van der Waals surface area contributed by atoms with Gasteiger partial charge in [0.15, 0.2) is 17.2 Å². The van der Waals surface area contributed by atoms with Crippen LogP contribution in [-0.2, 0) is 0 Å². The van der Waals surface area contributed by atoms with Gasteiger partial charge >= 0.3 is 5.69 Å². The summed E-state index contributed by atoms with van der Waals surface area (Å²) in [6.45, 7) is 0. The molecule has 0 fully saturated rings. The van der Waals surface area contributed by atoms with E-state index in [4.69, 9.17) is 10.5 Å².